The van der Waals surface area contributed by atoms with Crippen LogP contribution in [0.5, 0.6) is 0 Å². The summed E-state index contributed by atoms with van der Waals surface area (Å²) in [7, 11) is 1.24. The number of halogens is 1. The molecule has 0 fully saturated rings. The zero-order valence-electron chi connectivity index (χ0n) is 18.1. The first-order chi connectivity index (χ1) is 13.0. The number of rotatable bonds is 20. The van der Waals surface area contributed by atoms with E-state index in [4.69, 9.17) is 11.6 Å². The molecular weight excluding hydrogens is 360 g/mol. The van der Waals surface area contributed by atoms with Crippen molar-refractivity contribution >= 4 is 17.6 Å². The fourth-order valence-electron chi connectivity index (χ4n) is 3.52. The van der Waals surface area contributed by atoms with Gasteiger partial charge in [0.1, 0.15) is 0 Å². The van der Waals surface area contributed by atoms with E-state index in [1.54, 1.807) is 0 Å². The number of ether oxygens (including phenoxy) is 1. The molecule has 162 valence electrons. The van der Waals surface area contributed by atoms with E-state index >= 15 is 0 Å². The third-order valence-electron chi connectivity index (χ3n) is 5.36. The molecule has 0 aliphatic rings. The SMILES string of the molecule is CCCCCCCCCCCCCCCCCCCCC(O)(Cl)C(=O)OC. The highest BCUT2D eigenvalue weighted by Gasteiger charge is 2.33. The molecule has 0 amide bonds. The minimum absolute atomic E-state index is 0.264. The Kier molecular flexibility index (Phi) is 18.9. The van der Waals surface area contributed by atoms with Gasteiger partial charge in [-0.15, -0.1) is 0 Å². The molecule has 1 N–H and O–H groups in total. The average Bonchev–Trinajstić information content (AvgIpc) is 2.66. The second kappa shape index (κ2) is 19.1. The van der Waals surface area contributed by atoms with Crippen molar-refractivity contribution in [2.45, 2.75) is 134 Å². The summed E-state index contributed by atoms with van der Waals surface area (Å²) in [5.41, 5.74) is 0. The average molecular weight is 405 g/mol. The Morgan fingerprint density at radius 3 is 1.30 bits per heavy atom. The zero-order valence-corrected chi connectivity index (χ0v) is 18.8. The van der Waals surface area contributed by atoms with Crippen LogP contribution < -0.4 is 0 Å². The first kappa shape index (κ1) is 26.7. The highest BCUT2D eigenvalue weighted by Crippen LogP contribution is 2.22. The molecule has 0 saturated carbocycles. The monoisotopic (exact) mass is 404 g/mol. The lowest BCUT2D eigenvalue weighted by atomic mass is 10.0. The molecular formula is C23H45ClO3. The largest absolute Gasteiger partial charge is 0.466 e. The van der Waals surface area contributed by atoms with Gasteiger partial charge in [-0.1, -0.05) is 128 Å². The van der Waals surface area contributed by atoms with Gasteiger partial charge < -0.3 is 9.84 Å². The van der Waals surface area contributed by atoms with Gasteiger partial charge in [0, 0.05) is 6.42 Å². The van der Waals surface area contributed by atoms with Crippen molar-refractivity contribution < 1.29 is 14.6 Å². The summed E-state index contributed by atoms with van der Waals surface area (Å²) in [4.78, 5) is 11.2. The van der Waals surface area contributed by atoms with Gasteiger partial charge in [0.2, 0.25) is 5.06 Å². The summed E-state index contributed by atoms with van der Waals surface area (Å²) in [5.74, 6) is -0.754. The van der Waals surface area contributed by atoms with E-state index in [9.17, 15) is 9.90 Å². The van der Waals surface area contributed by atoms with Crippen LogP contribution in [0.1, 0.15) is 129 Å². The van der Waals surface area contributed by atoms with Gasteiger partial charge in [-0.25, -0.2) is 4.79 Å². The highest BCUT2D eigenvalue weighted by atomic mass is 35.5. The number of aliphatic hydroxyl groups is 1. The first-order valence-corrected chi connectivity index (χ1v) is 11.9. The predicted octanol–water partition coefficient (Wildman–Crippen LogP) is 7.52. The van der Waals surface area contributed by atoms with Crippen LogP contribution in [-0.4, -0.2) is 23.2 Å². The molecule has 0 spiro atoms. The number of hydrogen-bond donors (Lipinski definition) is 1. The molecule has 0 heterocycles. The lowest BCUT2D eigenvalue weighted by Gasteiger charge is -2.17. The fraction of sp³-hybridized carbons (Fsp3) is 0.957. The minimum atomic E-state index is -1.84. The maximum absolute atomic E-state index is 11.2. The smallest absolute Gasteiger partial charge is 0.353 e. The lowest BCUT2D eigenvalue weighted by Crippen LogP contribution is -2.33. The second-order valence-electron chi connectivity index (χ2n) is 8.01. The standard InChI is InChI=1S/C23H45ClO3/c1-3-4-5-6-7-8-9-10-11-12-13-14-15-16-17-18-19-20-21-23(24,26)22(25)27-2/h26H,3-21H2,1-2H3. The summed E-state index contributed by atoms with van der Waals surface area (Å²) in [6.45, 7) is 2.28. The maximum Gasteiger partial charge on any atom is 0.353 e. The molecule has 0 bridgehead atoms. The Bertz CT molecular complexity index is 332. The van der Waals surface area contributed by atoms with Gasteiger partial charge in [-0.2, -0.15) is 0 Å². The van der Waals surface area contributed by atoms with Crippen LogP contribution in [0, 0.1) is 0 Å². The van der Waals surface area contributed by atoms with Gasteiger partial charge in [0.05, 0.1) is 7.11 Å². The lowest BCUT2D eigenvalue weighted by molar-refractivity contribution is -0.154. The number of esters is 1. The summed E-state index contributed by atoms with van der Waals surface area (Å²) in [6, 6.07) is 0. The Labute approximate surface area is 173 Å². The van der Waals surface area contributed by atoms with Crippen molar-refractivity contribution in [3.05, 3.63) is 0 Å². The Morgan fingerprint density at radius 2 is 1.00 bits per heavy atom. The molecule has 27 heavy (non-hydrogen) atoms. The van der Waals surface area contributed by atoms with Crippen LogP contribution in [0.4, 0.5) is 0 Å². The number of alkyl halides is 1. The maximum atomic E-state index is 11.2. The quantitative estimate of drug-likeness (QED) is 0.130. The molecule has 1 atom stereocenters. The molecule has 0 aliphatic heterocycles. The predicted molar refractivity (Wildman–Crippen MR) is 116 cm³/mol. The molecule has 0 saturated heterocycles. The topological polar surface area (TPSA) is 46.5 Å². The number of unbranched alkanes of at least 4 members (excludes halogenated alkanes) is 17. The summed E-state index contributed by atoms with van der Waals surface area (Å²) >= 11 is 5.74. The molecule has 0 aliphatic carbocycles. The number of carbonyl (C=O) groups is 1. The Hall–Kier alpha value is -0.280. The van der Waals surface area contributed by atoms with Gasteiger partial charge in [-0.3, -0.25) is 0 Å². The molecule has 1 unspecified atom stereocenters. The van der Waals surface area contributed by atoms with E-state index in [0.717, 1.165) is 19.3 Å². The third kappa shape index (κ3) is 17.5. The Morgan fingerprint density at radius 1 is 0.704 bits per heavy atom. The molecule has 0 radical (unpaired) electrons. The minimum Gasteiger partial charge on any atom is -0.466 e. The Balaban J connectivity index is 3.18. The van der Waals surface area contributed by atoms with E-state index in [1.807, 2.05) is 0 Å². The highest BCUT2D eigenvalue weighted by molar-refractivity contribution is 6.32. The van der Waals surface area contributed by atoms with Crippen molar-refractivity contribution in [1.82, 2.24) is 0 Å². The number of carbonyl (C=O) groups excluding carboxylic acids is 1. The number of methoxy groups -OCH3 is 1. The van der Waals surface area contributed by atoms with E-state index in [2.05, 4.69) is 11.7 Å². The van der Waals surface area contributed by atoms with Crippen molar-refractivity contribution in [3.8, 4) is 0 Å². The van der Waals surface area contributed by atoms with Crippen LogP contribution in [0.25, 0.3) is 0 Å². The summed E-state index contributed by atoms with van der Waals surface area (Å²) in [6.07, 6.45) is 23.9. The summed E-state index contributed by atoms with van der Waals surface area (Å²) in [5, 5.41) is 7.87. The molecule has 4 heteroatoms. The van der Waals surface area contributed by atoms with Crippen LogP contribution in [0.2, 0.25) is 0 Å². The first-order valence-electron chi connectivity index (χ1n) is 11.5. The zero-order chi connectivity index (χ0) is 20.2. The molecule has 0 rings (SSSR count). The molecule has 0 aromatic heterocycles. The fourth-order valence-corrected chi connectivity index (χ4v) is 3.73. The van der Waals surface area contributed by atoms with Crippen molar-refractivity contribution in [3.63, 3.8) is 0 Å². The van der Waals surface area contributed by atoms with Crippen molar-refractivity contribution in [2.75, 3.05) is 7.11 Å². The number of hydrogen-bond acceptors (Lipinski definition) is 3. The second-order valence-corrected chi connectivity index (χ2v) is 8.64. The normalized spacial score (nSPS) is 13.5. The molecule has 0 aromatic carbocycles. The van der Waals surface area contributed by atoms with Crippen molar-refractivity contribution in [2.24, 2.45) is 0 Å². The van der Waals surface area contributed by atoms with Gasteiger partial charge in [0.15, 0.2) is 0 Å². The van der Waals surface area contributed by atoms with E-state index in [0.29, 0.717) is 0 Å². The molecule has 3 nitrogen and oxygen atoms in total. The van der Waals surface area contributed by atoms with Crippen LogP contribution in [0.3, 0.4) is 0 Å². The van der Waals surface area contributed by atoms with E-state index in [1.165, 1.54) is 103 Å². The van der Waals surface area contributed by atoms with Gasteiger partial charge in [-0.05, 0) is 6.42 Å². The third-order valence-corrected chi connectivity index (χ3v) is 5.70. The van der Waals surface area contributed by atoms with Crippen LogP contribution >= 0.6 is 11.6 Å². The van der Waals surface area contributed by atoms with Gasteiger partial charge >= 0.3 is 5.97 Å². The van der Waals surface area contributed by atoms with Crippen LogP contribution in [0.15, 0.2) is 0 Å². The van der Waals surface area contributed by atoms with Crippen LogP contribution in [-0.2, 0) is 9.53 Å². The summed E-state index contributed by atoms with van der Waals surface area (Å²) < 4.78 is 4.48. The van der Waals surface area contributed by atoms with Gasteiger partial charge in [0.25, 0.3) is 0 Å². The van der Waals surface area contributed by atoms with Crippen molar-refractivity contribution in [1.29, 1.82) is 0 Å². The van der Waals surface area contributed by atoms with E-state index < -0.39 is 11.0 Å². The van der Waals surface area contributed by atoms with E-state index in [-0.39, 0.29) is 6.42 Å². The molecule has 0 aromatic rings.